The molecule has 1 aromatic carbocycles. The van der Waals surface area contributed by atoms with Crippen molar-refractivity contribution in [3.05, 3.63) is 41.7 Å². The molecule has 2 heterocycles. The van der Waals surface area contributed by atoms with E-state index < -0.39 is 0 Å². The smallest absolute Gasteiger partial charge is 0.171 e. The molecule has 116 valence electrons. The van der Waals surface area contributed by atoms with Crippen LogP contribution in [0.1, 0.15) is 6.42 Å². The van der Waals surface area contributed by atoms with Gasteiger partial charge in [-0.2, -0.15) is 0 Å². The van der Waals surface area contributed by atoms with Crippen LogP contribution in [0.4, 0.5) is 17.3 Å². The van der Waals surface area contributed by atoms with Gasteiger partial charge in [0.15, 0.2) is 11.6 Å². The Morgan fingerprint density at radius 1 is 1.18 bits per heavy atom. The summed E-state index contributed by atoms with van der Waals surface area (Å²) in [5.41, 5.74) is 1.21. The van der Waals surface area contributed by atoms with E-state index in [9.17, 15) is 0 Å². The molecule has 5 nitrogen and oxygen atoms in total. The summed E-state index contributed by atoms with van der Waals surface area (Å²) in [5, 5.41) is 4.29. The summed E-state index contributed by atoms with van der Waals surface area (Å²) in [4.78, 5) is 13.1. The van der Waals surface area contributed by atoms with Crippen molar-refractivity contribution < 1.29 is 0 Å². The Bertz CT molecular complexity index is 629. The van der Waals surface area contributed by atoms with Crippen LogP contribution in [0.3, 0.4) is 0 Å². The third-order valence-electron chi connectivity index (χ3n) is 3.82. The zero-order chi connectivity index (χ0) is 15.5. The molecular formula is C16H20ClN5. The predicted molar refractivity (Wildman–Crippen MR) is 92.1 cm³/mol. The van der Waals surface area contributed by atoms with E-state index in [0.717, 1.165) is 36.2 Å². The van der Waals surface area contributed by atoms with Crippen molar-refractivity contribution in [2.24, 2.45) is 0 Å². The second kappa shape index (κ2) is 6.40. The minimum atomic E-state index is 0.367. The van der Waals surface area contributed by atoms with Crippen molar-refractivity contribution in [3.63, 3.8) is 0 Å². The molecule has 0 bridgehead atoms. The van der Waals surface area contributed by atoms with Crippen LogP contribution < -0.4 is 15.1 Å². The Morgan fingerprint density at radius 2 is 1.91 bits per heavy atom. The SMILES string of the molecule is CN(C)c1nccnc1NC1CCN(c2ccc(Cl)cc2)C1. The quantitative estimate of drug-likeness (QED) is 0.939. The molecule has 0 spiro atoms. The average Bonchev–Trinajstić information content (AvgIpc) is 2.97. The summed E-state index contributed by atoms with van der Waals surface area (Å²) < 4.78 is 0. The minimum Gasteiger partial charge on any atom is -0.369 e. The first-order chi connectivity index (χ1) is 10.6. The molecule has 1 saturated heterocycles. The van der Waals surface area contributed by atoms with Gasteiger partial charge < -0.3 is 15.1 Å². The van der Waals surface area contributed by atoms with Gasteiger partial charge in [-0.25, -0.2) is 9.97 Å². The second-order valence-electron chi connectivity index (χ2n) is 5.68. The number of nitrogens with one attached hydrogen (secondary N) is 1. The normalized spacial score (nSPS) is 17.6. The summed E-state index contributed by atoms with van der Waals surface area (Å²) in [5.74, 6) is 1.71. The fraction of sp³-hybridized carbons (Fsp3) is 0.375. The molecule has 0 saturated carbocycles. The lowest BCUT2D eigenvalue weighted by Gasteiger charge is -2.21. The highest BCUT2D eigenvalue weighted by atomic mass is 35.5. The number of aromatic nitrogens is 2. The lowest BCUT2D eigenvalue weighted by Crippen LogP contribution is -2.27. The van der Waals surface area contributed by atoms with Crippen LogP contribution in [0.25, 0.3) is 0 Å². The van der Waals surface area contributed by atoms with Crippen molar-refractivity contribution >= 4 is 28.9 Å². The number of anilines is 3. The summed E-state index contributed by atoms with van der Waals surface area (Å²) in [6.07, 6.45) is 4.52. The summed E-state index contributed by atoms with van der Waals surface area (Å²) in [7, 11) is 3.95. The minimum absolute atomic E-state index is 0.367. The van der Waals surface area contributed by atoms with Crippen LogP contribution in [-0.4, -0.2) is 43.2 Å². The first-order valence-electron chi connectivity index (χ1n) is 7.39. The monoisotopic (exact) mass is 317 g/mol. The molecule has 1 N–H and O–H groups in total. The van der Waals surface area contributed by atoms with Crippen molar-refractivity contribution in [2.75, 3.05) is 42.3 Å². The van der Waals surface area contributed by atoms with Gasteiger partial charge in [0.2, 0.25) is 0 Å². The Kier molecular flexibility index (Phi) is 4.34. The first-order valence-corrected chi connectivity index (χ1v) is 7.76. The summed E-state index contributed by atoms with van der Waals surface area (Å²) >= 11 is 5.95. The van der Waals surface area contributed by atoms with Crippen molar-refractivity contribution in [2.45, 2.75) is 12.5 Å². The topological polar surface area (TPSA) is 44.3 Å². The number of rotatable bonds is 4. The lowest BCUT2D eigenvalue weighted by molar-refractivity contribution is 0.797. The van der Waals surface area contributed by atoms with E-state index in [2.05, 4.69) is 32.3 Å². The molecule has 3 rings (SSSR count). The van der Waals surface area contributed by atoms with Crippen LogP contribution in [0.15, 0.2) is 36.7 Å². The van der Waals surface area contributed by atoms with Crippen LogP contribution in [0.2, 0.25) is 5.02 Å². The molecule has 0 radical (unpaired) electrons. The number of hydrogen-bond acceptors (Lipinski definition) is 5. The molecule has 0 amide bonds. The highest BCUT2D eigenvalue weighted by molar-refractivity contribution is 6.30. The van der Waals surface area contributed by atoms with E-state index in [4.69, 9.17) is 11.6 Å². The van der Waals surface area contributed by atoms with Gasteiger partial charge in [0.25, 0.3) is 0 Å². The largest absolute Gasteiger partial charge is 0.369 e. The predicted octanol–water partition coefficient (Wildman–Crippen LogP) is 2.89. The molecule has 1 aromatic heterocycles. The first kappa shape index (κ1) is 14.9. The average molecular weight is 318 g/mol. The number of benzene rings is 1. The van der Waals surface area contributed by atoms with Crippen molar-refractivity contribution in [1.29, 1.82) is 0 Å². The number of halogens is 1. The molecule has 1 atom stereocenters. The molecular weight excluding hydrogens is 298 g/mol. The van der Waals surface area contributed by atoms with Gasteiger partial charge in [0.1, 0.15) is 0 Å². The lowest BCUT2D eigenvalue weighted by atomic mass is 10.2. The van der Waals surface area contributed by atoms with Gasteiger partial charge in [0, 0.05) is 56.3 Å². The standard InChI is InChI=1S/C16H20ClN5/c1-21(2)16-15(18-8-9-19-16)20-13-7-10-22(11-13)14-5-3-12(17)4-6-14/h3-6,8-9,13H,7,10-11H2,1-2H3,(H,18,20). The van der Waals surface area contributed by atoms with Crippen molar-refractivity contribution in [1.82, 2.24) is 9.97 Å². The molecule has 1 aliphatic rings. The Morgan fingerprint density at radius 3 is 2.64 bits per heavy atom. The van der Waals surface area contributed by atoms with E-state index in [-0.39, 0.29) is 0 Å². The zero-order valence-electron chi connectivity index (χ0n) is 12.8. The molecule has 1 fully saturated rings. The number of nitrogens with zero attached hydrogens (tertiary/aromatic N) is 4. The second-order valence-corrected chi connectivity index (χ2v) is 6.11. The van der Waals surface area contributed by atoms with Gasteiger partial charge in [0.05, 0.1) is 0 Å². The Labute approximate surface area is 135 Å². The molecule has 0 aliphatic carbocycles. The van der Waals surface area contributed by atoms with E-state index in [0.29, 0.717) is 6.04 Å². The van der Waals surface area contributed by atoms with Crippen LogP contribution in [0, 0.1) is 0 Å². The van der Waals surface area contributed by atoms with Crippen LogP contribution >= 0.6 is 11.6 Å². The molecule has 6 heteroatoms. The van der Waals surface area contributed by atoms with Gasteiger partial charge in [-0.1, -0.05) is 11.6 Å². The molecule has 1 unspecified atom stereocenters. The third-order valence-corrected chi connectivity index (χ3v) is 4.08. The molecule has 1 aliphatic heterocycles. The van der Waals surface area contributed by atoms with E-state index >= 15 is 0 Å². The number of hydrogen-bond donors (Lipinski definition) is 1. The van der Waals surface area contributed by atoms with E-state index in [1.165, 1.54) is 5.69 Å². The van der Waals surface area contributed by atoms with Gasteiger partial charge in [-0.05, 0) is 30.7 Å². The Balaban J connectivity index is 1.67. The van der Waals surface area contributed by atoms with Gasteiger partial charge in [-0.15, -0.1) is 0 Å². The highest BCUT2D eigenvalue weighted by Crippen LogP contribution is 2.25. The van der Waals surface area contributed by atoms with Crippen molar-refractivity contribution in [3.8, 4) is 0 Å². The molecule has 22 heavy (non-hydrogen) atoms. The fourth-order valence-corrected chi connectivity index (χ4v) is 2.84. The van der Waals surface area contributed by atoms with E-state index in [1.54, 1.807) is 12.4 Å². The van der Waals surface area contributed by atoms with Crippen LogP contribution in [0.5, 0.6) is 0 Å². The molecule has 2 aromatic rings. The van der Waals surface area contributed by atoms with E-state index in [1.807, 2.05) is 31.1 Å². The maximum absolute atomic E-state index is 5.95. The summed E-state index contributed by atoms with van der Waals surface area (Å²) in [6.45, 7) is 1.97. The third kappa shape index (κ3) is 3.25. The van der Waals surface area contributed by atoms with Gasteiger partial charge in [-0.3, -0.25) is 0 Å². The maximum Gasteiger partial charge on any atom is 0.171 e. The highest BCUT2D eigenvalue weighted by Gasteiger charge is 2.24. The maximum atomic E-state index is 5.95. The van der Waals surface area contributed by atoms with Gasteiger partial charge >= 0.3 is 0 Å². The Hall–Kier alpha value is -2.01. The zero-order valence-corrected chi connectivity index (χ0v) is 13.6. The van der Waals surface area contributed by atoms with Crippen LogP contribution in [-0.2, 0) is 0 Å². The fourth-order valence-electron chi connectivity index (χ4n) is 2.72. The summed E-state index contributed by atoms with van der Waals surface area (Å²) in [6, 6.07) is 8.37.